The predicted octanol–water partition coefficient (Wildman–Crippen LogP) is 3.49. The second-order valence-corrected chi connectivity index (χ2v) is 6.30. The summed E-state index contributed by atoms with van der Waals surface area (Å²) in [7, 11) is 0. The fourth-order valence-corrected chi connectivity index (χ4v) is 3.42. The first-order valence-corrected chi connectivity index (χ1v) is 7.19. The molecule has 0 atom stereocenters. The van der Waals surface area contributed by atoms with E-state index in [1.54, 1.807) is 12.1 Å². The van der Waals surface area contributed by atoms with Crippen LogP contribution >= 0.6 is 34.7 Å². The van der Waals surface area contributed by atoms with E-state index in [9.17, 15) is 4.79 Å². The van der Waals surface area contributed by atoms with E-state index in [1.165, 1.54) is 29.2 Å². The van der Waals surface area contributed by atoms with Gasteiger partial charge in [-0.3, -0.25) is 0 Å². The maximum Gasteiger partial charge on any atom is 0.335 e. The lowest BCUT2D eigenvalue weighted by Gasteiger charge is -2.03. The summed E-state index contributed by atoms with van der Waals surface area (Å²) in [5.74, 6) is -0.330. The van der Waals surface area contributed by atoms with E-state index >= 15 is 0 Å². The molecule has 7 heteroatoms. The van der Waals surface area contributed by atoms with Gasteiger partial charge in [0.05, 0.1) is 5.56 Å². The molecule has 0 aliphatic carbocycles. The van der Waals surface area contributed by atoms with Gasteiger partial charge >= 0.3 is 5.97 Å². The number of rotatable bonds is 4. The summed E-state index contributed by atoms with van der Waals surface area (Å²) >= 11 is 9.10. The van der Waals surface area contributed by atoms with E-state index in [4.69, 9.17) is 16.7 Å². The van der Waals surface area contributed by atoms with Gasteiger partial charge < -0.3 is 5.11 Å². The monoisotopic (exact) mass is 300 g/mol. The third-order valence-electron chi connectivity index (χ3n) is 2.16. The molecule has 0 amide bonds. The van der Waals surface area contributed by atoms with Crippen molar-refractivity contribution in [2.75, 3.05) is 0 Å². The van der Waals surface area contributed by atoms with Crippen LogP contribution in [0.5, 0.6) is 0 Å². The molecule has 1 heterocycles. The maximum absolute atomic E-state index is 10.8. The zero-order valence-electron chi connectivity index (χ0n) is 9.38. The highest BCUT2D eigenvalue weighted by atomic mass is 35.5. The van der Waals surface area contributed by atoms with Crippen molar-refractivity contribution in [3.63, 3.8) is 0 Å². The minimum absolute atomic E-state index is 0.195. The van der Waals surface area contributed by atoms with Crippen LogP contribution in [-0.4, -0.2) is 21.3 Å². The van der Waals surface area contributed by atoms with Gasteiger partial charge in [-0.15, -0.1) is 10.2 Å². The summed E-state index contributed by atoms with van der Waals surface area (Å²) < 4.78 is 0.880. The number of thioether (sulfide) groups is 1. The molecule has 0 saturated carbocycles. The van der Waals surface area contributed by atoms with Crippen molar-refractivity contribution in [1.82, 2.24) is 10.2 Å². The molecule has 0 fully saturated rings. The number of carbonyl (C=O) groups is 1. The van der Waals surface area contributed by atoms with E-state index in [2.05, 4.69) is 10.2 Å². The molecule has 1 N–H and O–H groups in total. The molecule has 1 aromatic heterocycles. The first kappa shape index (κ1) is 13.3. The molecule has 2 rings (SSSR count). The van der Waals surface area contributed by atoms with E-state index < -0.39 is 5.97 Å². The van der Waals surface area contributed by atoms with Crippen molar-refractivity contribution >= 4 is 40.7 Å². The van der Waals surface area contributed by atoms with Crippen LogP contribution in [0, 0.1) is 6.92 Å². The smallest absolute Gasteiger partial charge is 0.335 e. The first-order chi connectivity index (χ1) is 8.56. The Balaban J connectivity index is 2.08. The predicted molar refractivity (Wildman–Crippen MR) is 72.6 cm³/mol. The van der Waals surface area contributed by atoms with Gasteiger partial charge in [-0.2, -0.15) is 0 Å². The zero-order chi connectivity index (χ0) is 13.1. The number of hydrogen-bond acceptors (Lipinski definition) is 5. The number of aryl methyl sites for hydroxylation is 1. The molecule has 0 spiro atoms. The van der Waals surface area contributed by atoms with Crippen molar-refractivity contribution in [3.05, 3.63) is 39.4 Å². The number of carboxylic acids is 1. The molecule has 1 aromatic carbocycles. The van der Waals surface area contributed by atoms with Gasteiger partial charge in [0, 0.05) is 10.8 Å². The van der Waals surface area contributed by atoms with Crippen LogP contribution in [0.1, 0.15) is 20.9 Å². The number of aromatic carboxylic acids is 1. The summed E-state index contributed by atoms with van der Waals surface area (Å²) in [5.41, 5.74) is 1.08. The number of halogens is 1. The zero-order valence-corrected chi connectivity index (χ0v) is 11.8. The lowest BCUT2D eigenvalue weighted by molar-refractivity contribution is 0.0697. The molecular formula is C11H9ClN2O2S2. The van der Waals surface area contributed by atoms with Crippen LogP contribution in [-0.2, 0) is 5.75 Å². The Labute approximate surface area is 117 Å². The molecule has 2 aromatic rings. The standard InChI is InChI=1S/C11H9ClN2O2S2/c1-6-13-14-11(18-6)17-5-8-3-2-7(10(15)16)4-9(8)12/h2-4H,5H2,1H3,(H,15,16). The first-order valence-electron chi connectivity index (χ1n) is 5.01. The minimum atomic E-state index is -0.976. The quantitative estimate of drug-likeness (QED) is 0.876. The lowest BCUT2D eigenvalue weighted by atomic mass is 10.1. The molecule has 0 aliphatic heterocycles. The Bertz CT molecular complexity index is 586. The highest BCUT2D eigenvalue weighted by Crippen LogP contribution is 2.29. The Morgan fingerprint density at radius 3 is 2.83 bits per heavy atom. The minimum Gasteiger partial charge on any atom is -0.478 e. The fourth-order valence-electron chi connectivity index (χ4n) is 1.27. The highest BCUT2D eigenvalue weighted by Gasteiger charge is 2.08. The van der Waals surface area contributed by atoms with E-state index in [0.717, 1.165) is 14.9 Å². The summed E-state index contributed by atoms with van der Waals surface area (Å²) in [6, 6.07) is 4.74. The van der Waals surface area contributed by atoms with Gasteiger partial charge in [0.25, 0.3) is 0 Å². The van der Waals surface area contributed by atoms with Gasteiger partial charge in [-0.05, 0) is 24.6 Å². The molecule has 94 valence electrons. The van der Waals surface area contributed by atoms with E-state index in [1.807, 2.05) is 6.92 Å². The summed E-state index contributed by atoms with van der Waals surface area (Å²) in [6.45, 7) is 1.90. The number of carboxylic acid groups (broad SMARTS) is 1. The number of nitrogens with zero attached hydrogens (tertiary/aromatic N) is 2. The average molecular weight is 301 g/mol. The molecule has 0 radical (unpaired) electrons. The van der Waals surface area contributed by atoms with E-state index in [0.29, 0.717) is 10.8 Å². The normalized spacial score (nSPS) is 10.6. The average Bonchev–Trinajstić information content (AvgIpc) is 2.73. The maximum atomic E-state index is 10.8. The largest absolute Gasteiger partial charge is 0.478 e. The van der Waals surface area contributed by atoms with Gasteiger partial charge in [0.2, 0.25) is 0 Å². The second kappa shape index (κ2) is 5.69. The molecule has 0 saturated heterocycles. The number of hydrogen-bond donors (Lipinski definition) is 1. The summed E-state index contributed by atoms with van der Waals surface area (Å²) in [6.07, 6.45) is 0. The van der Waals surface area contributed by atoms with Gasteiger partial charge in [0.15, 0.2) is 4.34 Å². The van der Waals surface area contributed by atoms with Gasteiger partial charge in [-0.1, -0.05) is 40.8 Å². The van der Waals surface area contributed by atoms with Crippen molar-refractivity contribution < 1.29 is 9.90 Å². The summed E-state index contributed by atoms with van der Waals surface area (Å²) in [5, 5.41) is 18.1. The molecule has 0 aliphatic rings. The summed E-state index contributed by atoms with van der Waals surface area (Å²) in [4.78, 5) is 10.8. The Kier molecular flexibility index (Phi) is 4.21. The molecule has 0 unspecified atom stereocenters. The third kappa shape index (κ3) is 3.22. The van der Waals surface area contributed by atoms with Crippen molar-refractivity contribution in [1.29, 1.82) is 0 Å². The van der Waals surface area contributed by atoms with Crippen LogP contribution < -0.4 is 0 Å². The SMILES string of the molecule is Cc1nnc(SCc2ccc(C(=O)O)cc2Cl)s1. The van der Waals surface area contributed by atoms with Crippen molar-refractivity contribution in [2.45, 2.75) is 17.0 Å². The molecular weight excluding hydrogens is 292 g/mol. The van der Waals surface area contributed by atoms with Crippen LogP contribution in [0.15, 0.2) is 22.5 Å². The Morgan fingerprint density at radius 1 is 1.50 bits per heavy atom. The van der Waals surface area contributed by atoms with Crippen LogP contribution in [0.4, 0.5) is 0 Å². The van der Waals surface area contributed by atoms with Crippen molar-refractivity contribution in [3.8, 4) is 0 Å². The van der Waals surface area contributed by atoms with Crippen LogP contribution in [0.25, 0.3) is 0 Å². The van der Waals surface area contributed by atoms with E-state index in [-0.39, 0.29) is 5.56 Å². The Morgan fingerprint density at radius 2 is 2.28 bits per heavy atom. The van der Waals surface area contributed by atoms with Crippen LogP contribution in [0.3, 0.4) is 0 Å². The van der Waals surface area contributed by atoms with Crippen LogP contribution in [0.2, 0.25) is 5.02 Å². The second-order valence-electron chi connectivity index (χ2n) is 3.49. The highest BCUT2D eigenvalue weighted by molar-refractivity contribution is 8.00. The third-order valence-corrected chi connectivity index (χ3v) is 4.53. The fraction of sp³-hybridized carbons (Fsp3) is 0.182. The van der Waals surface area contributed by atoms with Crippen molar-refractivity contribution in [2.24, 2.45) is 0 Å². The topological polar surface area (TPSA) is 63.1 Å². The number of benzene rings is 1. The number of aromatic nitrogens is 2. The molecule has 4 nitrogen and oxygen atoms in total. The molecule has 0 bridgehead atoms. The lowest BCUT2D eigenvalue weighted by Crippen LogP contribution is -1.96. The van der Waals surface area contributed by atoms with Gasteiger partial charge in [0.1, 0.15) is 5.01 Å². The Hall–Kier alpha value is -1.11. The molecule has 18 heavy (non-hydrogen) atoms. The van der Waals surface area contributed by atoms with Gasteiger partial charge in [-0.25, -0.2) is 4.79 Å².